The number of morpholine rings is 1. The molecule has 0 amide bonds. The molecule has 23 heavy (non-hydrogen) atoms. The Labute approximate surface area is 136 Å². The van der Waals surface area contributed by atoms with E-state index in [1.165, 1.54) is 0 Å². The largest absolute Gasteiger partial charge is 0.394 e. The lowest BCUT2D eigenvalue weighted by molar-refractivity contribution is -0.106. The van der Waals surface area contributed by atoms with Crippen LogP contribution in [0.25, 0.3) is 5.52 Å². The first-order valence-corrected chi connectivity index (χ1v) is 8.01. The average molecular weight is 319 g/mol. The maximum atomic E-state index is 9.96. The molecule has 1 fully saturated rings. The van der Waals surface area contributed by atoms with Crippen molar-refractivity contribution in [3.8, 4) is 0 Å². The molecule has 3 rings (SSSR count). The predicted octanol–water partition coefficient (Wildman–Crippen LogP) is 0.462. The summed E-state index contributed by atoms with van der Waals surface area (Å²) in [7, 11) is 2.05. The van der Waals surface area contributed by atoms with E-state index in [4.69, 9.17) is 4.74 Å². The zero-order chi connectivity index (χ0) is 16.4. The maximum Gasteiger partial charge on any atom is 0.0920 e. The van der Waals surface area contributed by atoms with E-state index in [9.17, 15) is 5.11 Å². The standard InChI is InChI=1S/C16H25N5O2/c1-12-8-23-11-16(10-22,20(12)3)9-17-13(2)14-7-19-21-15(14)5-4-6-18-21/h4-7,12-13,17,22H,8-11H2,1-3H3/t12-,13?,16+/m1/s1. The van der Waals surface area contributed by atoms with Gasteiger partial charge in [0.2, 0.25) is 0 Å². The number of aliphatic hydroxyl groups is 1. The van der Waals surface area contributed by atoms with Gasteiger partial charge in [-0.15, -0.1) is 0 Å². The molecule has 1 unspecified atom stereocenters. The fourth-order valence-electron chi connectivity index (χ4n) is 3.13. The van der Waals surface area contributed by atoms with Crippen molar-refractivity contribution >= 4 is 5.52 Å². The molecule has 0 radical (unpaired) electrons. The normalized spacial score (nSPS) is 27.4. The van der Waals surface area contributed by atoms with Crippen LogP contribution in [0.4, 0.5) is 0 Å². The van der Waals surface area contributed by atoms with Crippen LogP contribution < -0.4 is 5.32 Å². The number of aliphatic hydroxyl groups excluding tert-OH is 1. The Kier molecular flexibility index (Phi) is 4.63. The van der Waals surface area contributed by atoms with Gasteiger partial charge in [-0.3, -0.25) is 4.90 Å². The lowest BCUT2D eigenvalue weighted by Gasteiger charge is -2.47. The Morgan fingerprint density at radius 3 is 3.13 bits per heavy atom. The summed E-state index contributed by atoms with van der Waals surface area (Å²) in [5.74, 6) is 0. The number of aromatic nitrogens is 3. The third-order valence-electron chi connectivity index (χ3n) is 4.97. The van der Waals surface area contributed by atoms with Crippen molar-refractivity contribution < 1.29 is 9.84 Å². The molecule has 1 aliphatic heterocycles. The monoisotopic (exact) mass is 319 g/mol. The number of rotatable bonds is 5. The zero-order valence-corrected chi connectivity index (χ0v) is 13.9. The van der Waals surface area contributed by atoms with Gasteiger partial charge in [0.15, 0.2) is 0 Å². The van der Waals surface area contributed by atoms with Crippen LogP contribution in [-0.4, -0.2) is 69.8 Å². The summed E-state index contributed by atoms with van der Waals surface area (Å²) in [4.78, 5) is 2.22. The fraction of sp³-hybridized carbons (Fsp3) is 0.625. The molecule has 1 saturated heterocycles. The molecule has 7 heteroatoms. The van der Waals surface area contributed by atoms with Crippen molar-refractivity contribution in [3.05, 3.63) is 30.1 Å². The van der Waals surface area contributed by atoms with Gasteiger partial charge >= 0.3 is 0 Å². The van der Waals surface area contributed by atoms with Crippen LogP contribution in [0.2, 0.25) is 0 Å². The number of hydrogen-bond donors (Lipinski definition) is 2. The topological polar surface area (TPSA) is 74.9 Å². The molecule has 0 spiro atoms. The zero-order valence-electron chi connectivity index (χ0n) is 13.9. The van der Waals surface area contributed by atoms with Crippen molar-refractivity contribution in [1.82, 2.24) is 25.0 Å². The first-order valence-electron chi connectivity index (χ1n) is 8.01. The smallest absolute Gasteiger partial charge is 0.0920 e. The lowest BCUT2D eigenvalue weighted by atomic mass is 9.95. The van der Waals surface area contributed by atoms with Crippen molar-refractivity contribution in [1.29, 1.82) is 0 Å². The summed E-state index contributed by atoms with van der Waals surface area (Å²) >= 11 is 0. The summed E-state index contributed by atoms with van der Waals surface area (Å²) in [6.07, 6.45) is 3.56. The first kappa shape index (κ1) is 16.3. The first-order chi connectivity index (χ1) is 11.1. The van der Waals surface area contributed by atoms with E-state index in [2.05, 4.69) is 41.3 Å². The van der Waals surface area contributed by atoms with Crippen LogP contribution in [0, 0.1) is 0 Å². The van der Waals surface area contributed by atoms with Crippen LogP contribution in [0.1, 0.15) is 25.5 Å². The predicted molar refractivity (Wildman–Crippen MR) is 87.3 cm³/mol. The van der Waals surface area contributed by atoms with Crippen LogP contribution >= 0.6 is 0 Å². The van der Waals surface area contributed by atoms with Gasteiger partial charge in [-0.25, -0.2) is 0 Å². The van der Waals surface area contributed by atoms with E-state index < -0.39 is 5.54 Å². The molecule has 7 nitrogen and oxygen atoms in total. The quantitative estimate of drug-likeness (QED) is 0.834. The molecule has 0 aromatic carbocycles. The van der Waals surface area contributed by atoms with Crippen molar-refractivity contribution in [3.63, 3.8) is 0 Å². The second-order valence-electron chi connectivity index (χ2n) is 6.46. The van der Waals surface area contributed by atoms with E-state index in [0.29, 0.717) is 19.8 Å². The van der Waals surface area contributed by atoms with Gasteiger partial charge in [0, 0.05) is 30.4 Å². The molecule has 126 valence electrons. The summed E-state index contributed by atoms with van der Waals surface area (Å²) in [6, 6.07) is 4.31. The fourth-order valence-corrected chi connectivity index (χ4v) is 3.13. The van der Waals surface area contributed by atoms with Gasteiger partial charge in [0.25, 0.3) is 0 Å². The summed E-state index contributed by atoms with van der Waals surface area (Å²) in [5, 5.41) is 22.0. The minimum Gasteiger partial charge on any atom is -0.394 e. The van der Waals surface area contributed by atoms with Crippen LogP contribution in [0.15, 0.2) is 24.5 Å². The minimum atomic E-state index is -0.396. The Balaban J connectivity index is 1.73. The molecule has 2 aromatic heterocycles. The average Bonchev–Trinajstić information content (AvgIpc) is 3.00. The molecule has 0 bridgehead atoms. The lowest BCUT2D eigenvalue weighted by Crippen LogP contribution is -2.65. The molecule has 0 aliphatic carbocycles. The number of fused-ring (bicyclic) bond motifs is 1. The van der Waals surface area contributed by atoms with Gasteiger partial charge in [0.1, 0.15) is 0 Å². The highest BCUT2D eigenvalue weighted by Crippen LogP contribution is 2.24. The Bertz CT molecular complexity index is 661. The number of nitrogens with one attached hydrogen (secondary N) is 1. The van der Waals surface area contributed by atoms with Crippen LogP contribution in [0.3, 0.4) is 0 Å². The number of nitrogens with zero attached hydrogens (tertiary/aromatic N) is 4. The van der Waals surface area contributed by atoms with Gasteiger partial charge in [-0.05, 0) is 33.0 Å². The number of hydrogen-bond acceptors (Lipinski definition) is 6. The van der Waals surface area contributed by atoms with E-state index in [-0.39, 0.29) is 18.7 Å². The van der Waals surface area contributed by atoms with E-state index in [1.54, 1.807) is 10.8 Å². The highest BCUT2D eigenvalue weighted by atomic mass is 16.5. The SMILES string of the molecule is CC(NC[C@]1(CO)COC[C@@H](C)N1C)c1cnn2ncccc12. The molecule has 0 saturated carbocycles. The second kappa shape index (κ2) is 6.52. The molecule has 1 aliphatic rings. The van der Waals surface area contributed by atoms with Gasteiger partial charge in [0.05, 0.1) is 37.1 Å². The molecular formula is C16H25N5O2. The van der Waals surface area contributed by atoms with E-state index >= 15 is 0 Å². The van der Waals surface area contributed by atoms with Gasteiger partial charge in [-0.1, -0.05) is 0 Å². The highest BCUT2D eigenvalue weighted by Gasteiger charge is 2.40. The van der Waals surface area contributed by atoms with Crippen molar-refractivity contribution in [2.45, 2.75) is 31.5 Å². The molecule has 3 atom stereocenters. The van der Waals surface area contributed by atoms with Gasteiger partial charge < -0.3 is 15.2 Å². The number of ether oxygens (including phenoxy) is 1. The summed E-state index contributed by atoms with van der Waals surface area (Å²) in [6.45, 7) is 6.15. The molecule has 2 N–H and O–H groups in total. The third-order valence-corrected chi connectivity index (χ3v) is 4.97. The Hall–Kier alpha value is -1.54. The van der Waals surface area contributed by atoms with Gasteiger partial charge in [-0.2, -0.15) is 14.8 Å². The third kappa shape index (κ3) is 2.97. The van der Waals surface area contributed by atoms with E-state index in [1.807, 2.05) is 18.3 Å². The van der Waals surface area contributed by atoms with Crippen molar-refractivity contribution in [2.75, 3.05) is 33.4 Å². The highest BCUT2D eigenvalue weighted by molar-refractivity contribution is 5.53. The van der Waals surface area contributed by atoms with Crippen molar-refractivity contribution in [2.24, 2.45) is 0 Å². The Morgan fingerprint density at radius 1 is 1.52 bits per heavy atom. The number of likely N-dealkylation sites (N-methyl/N-ethyl adjacent to an activating group) is 1. The maximum absolute atomic E-state index is 9.96. The molecule has 3 heterocycles. The Morgan fingerprint density at radius 2 is 2.35 bits per heavy atom. The summed E-state index contributed by atoms with van der Waals surface area (Å²) in [5.41, 5.74) is 1.69. The van der Waals surface area contributed by atoms with E-state index in [0.717, 1.165) is 11.1 Å². The molecule has 2 aromatic rings. The van der Waals surface area contributed by atoms with Crippen LogP contribution in [0.5, 0.6) is 0 Å². The second-order valence-corrected chi connectivity index (χ2v) is 6.46. The summed E-state index contributed by atoms with van der Waals surface area (Å²) < 4.78 is 7.32. The van der Waals surface area contributed by atoms with Crippen LogP contribution in [-0.2, 0) is 4.74 Å². The minimum absolute atomic E-state index is 0.0594. The molecular weight excluding hydrogens is 294 g/mol.